The zero-order valence-electron chi connectivity index (χ0n) is 11.2. The van der Waals surface area contributed by atoms with E-state index in [-0.39, 0.29) is 11.1 Å². The molecule has 9 heteroatoms. The van der Waals surface area contributed by atoms with Gasteiger partial charge in [-0.15, -0.1) is 0 Å². The molecule has 0 radical (unpaired) electrons. The highest BCUT2D eigenvalue weighted by Crippen LogP contribution is 2.45. The zero-order valence-corrected chi connectivity index (χ0v) is 17.6. The smallest absolute Gasteiger partial charge is 0.263 e. The number of amides is 2. The summed E-state index contributed by atoms with van der Waals surface area (Å²) in [6.45, 7) is 3.22. The van der Waals surface area contributed by atoms with E-state index in [1.807, 2.05) is 0 Å². The van der Waals surface area contributed by atoms with Crippen molar-refractivity contribution in [2.75, 3.05) is 0 Å². The molecule has 1 aromatic rings. The van der Waals surface area contributed by atoms with Crippen molar-refractivity contribution in [2.45, 2.75) is 19.9 Å². The van der Waals surface area contributed by atoms with Crippen molar-refractivity contribution < 1.29 is 19.5 Å². The number of carboxylic acid groups (broad SMARTS) is 1. The number of halogens is 4. The minimum absolute atomic E-state index is 0.124. The zero-order chi connectivity index (χ0) is 16.9. The third-order valence-electron chi connectivity index (χ3n) is 3.28. The number of aliphatic carboxylic acids is 1. The van der Waals surface area contributed by atoms with Gasteiger partial charge in [-0.2, -0.15) is 0 Å². The van der Waals surface area contributed by atoms with Crippen LogP contribution in [0.1, 0.15) is 34.6 Å². The molecule has 1 atom stereocenters. The van der Waals surface area contributed by atoms with E-state index in [0.29, 0.717) is 17.9 Å². The van der Waals surface area contributed by atoms with E-state index in [1.54, 1.807) is 13.8 Å². The number of hydrogen-bond donors (Lipinski definition) is 0. The van der Waals surface area contributed by atoms with Gasteiger partial charge in [-0.05, 0) is 69.6 Å². The van der Waals surface area contributed by atoms with Crippen LogP contribution in [0.15, 0.2) is 17.9 Å². The van der Waals surface area contributed by atoms with Gasteiger partial charge in [-0.3, -0.25) is 14.5 Å². The van der Waals surface area contributed by atoms with Crippen molar-refractivity contribution in [3.05, 3.63) is 29.0 Å². The molecule has 1 heterocycles. The Bertz CT molecular complexity index is 670. The summed E-state index contributed by atoms with van der Waals surface area (Å²) in [5, 5.41) is 11.4. The summed E-state index contributed by atoms with van der Waals surface area (Å²) in [7, 11) is 0. The molecule has 2 amide bonds. The number of benzene rings is 1. The van der Waals surface area contributed by atoms with Gasteiger partial charge in [0.1, 0.15) is 0 Å². The Balaban J connectivity index is 2.71. The summed E-state index contributed by atoms with van der Waals surface area (Å²) >= 11 is 13.2. The minimum atomic E-state index is -1.46. The van der Waals surface area contributed by atoms with E-state index < -0.39 is 29.7 Å². The second-order valence-electron chi connectivity index (χ2n) is 4.99. The van der Waals surface area contributed by atoms with Crippen LogP contribution < -0.4 is 5.11 Å². The van der Waals surface area contributed by atoms with E-state index in [2.05, 4.69) is 63.7 Å². The maximum atomic E-state index is 12.6. The van der Waals surface area contributed by atoms with Gasteiger partial charge in [0.05, 0.1) is 23.1 Å². The van der Waals surface area contributed by atoms with E-state index >= 15 is 0 Å². The van der Waals surface area contributed by atoms with Crippen LogP contribution in [0.2, 0.25) is 0 Å². The summed E-state index contributed by atoms with van der Waals surface area (Å²) in [5.74, 6) is -3.26. The molecule has 118 valence electrons. The number of carboxylic acids is 1. The average molecular weight is 562 g/mol. The fourth-order valence-corrected chi connectivity index (χ4v) is 4.75. The van der Waals surface area contributed by atoms with E-state index in [9.17, 15) is 19.5 Å². The summed E-state index contributed by atoms with van der Waals surface area (Å²) in [6.07, 6.45) is 0. The van der Waals surface area contributed by atoms with Crippen molar-refractivity contribution in [2.24, 2.45) is 5.92 Å². The standard InChI is InChI=1S/C13H9Br4NO4/c1-3(2)10(13(21)22)18-11(19)4-5(12(18)20)7(15)9(17)8(16)6(4)14/h3,10H,1-2H3,(H,21,22)/p-1. The molecule has 1 aliphatic heterocycles. The normalized spacial score (nSPS) is 15.5. The largest absolute Gasteiger partial charge is 0.548 e. The maximum absolute atomic E-state index is 12.6. The first kappa shape index (κ1) is 18.1. The van der Waals surface area contributed by atoms with Crippen molar-refractivity contribution in [3.8, 4) is 0 Å². The maximum Gasteiger partial charge on any atom is 0.263 e. The highest BCUT2D eigenvalue weighted by molar-refractivity contribution is 9.15. The third-order valence-corrected chi connectivity index (χ3v) is 8.05. The molecule has 1 unspecified atom stereocenters. The molecule has 0 aromatic heterocycles. The number of rotatable bonds is 3. The number of fused-ring (bicyclic) bond motifs is 1. The predicted molar refractivity (Wildman–Crippen MR) is 91.4 cm³/mol. The SMILES string of the molecule is CC(C)C(C(=O)[O-])N1C(=O)c2c(Br)c(Br)c(Br)c(Br)c2C1=O. The number of carbonyl (C=O) groups excluding carboxylic acids is 3. The Morgan fingerprint density at radius 2 is 1.27 bits per heavy atom. The van der Waals surface area contributed by atoms with Crippen LogP contribution in [0.5, 0.6) is 0 Å². The van der Waals surface area contributed by atoms with Crippen molar-refractivity contribution in [1.29, 1.82) is 0 Å². The van der Waals surface area contributed by atoms with Gasteiger partial charge in [-0.1, -0.05) is 13.8 Å². The predicted octanol–water partition coefficient (Wildman–Crippen LogP) is 3.11. The van der Waals surface area contributed by atoms with Gasteiger partial charge in [-0.25, -0.2) is 0 Å². The van der Waals surface area contributed by atoms with Crippen LogP contribution in [-0.4, -0.2) is 28.7 Å². The van der Waals surface area contributed by atoms with Gasteiger partial charge in [0.15, 0.2) is 0 Å². The summed E-state index contributed by atoms with van der Waals surface area (Å²) < 4.78 is 1.88. The lowest BCUT2D eigenvalue weighted by atomic mass is 10.0. The van der Waals surface area contributed by atoms with Crippen LogP contribution in [0.25, 0.3) is 0 Å². The summed E-state index contributed by atoms with van der Waals surface area (Å²) in [5.41, 5.74) is 0.248. The number of imide groups is 1. The first-order valence-electron chi connectivity index (χ1n) is 6.05. The lowest BCUT2D eigenvalue weighted by molar-refractivity contribution is -0.311. The van der Waals surface area contributed by atoms with Crippen LogP contribution >= 0.6 is 63.7 Å². The lowest BCUT2D eigenvalue weighted by Gasteiger charge is -2.30. The number of nitrogens with zero attached hydrogens (tertiary/aromatic N) is 1. The first-order valence-corrected chi connectivity index (χ1v) is 9.23. The van der Waals surface area contributed by atoms with Crippen LogP contribution in [0.3, 0.4) is 0 Å². The van der Waals surface area contributed by atoms with Crippen molar-refractivity contribution >= 4 is 81.5 Å². The Morgan fingerprint density at radius 1 is 0.909 bits per heavy atom. The molecule has 0 saturated heterocycles. The monoisotopic (exact) mass is 558 g/mol. The molecule has 5 nitrogen and oxygen atoms in total. The van der Waals surface area contributed by atoms with Crippen LogP contribution in [0.4, 0.5) is 0 Å². The molecular weight excluding hydrogens is 554 g/mol. The van der Waals surface area contributed by atoms with E-state index in [1.165, 1.54) is 0 Å². The second kappa shape index (κ2) is 6.33. The molecule has 0 spiro atoms. The second-order valence-corrected chi connectivity index (χ2v) is 8.17. The van der Waals surface area contributed by atoms with Gasteiger partial charge in [0.2, 0.25) is 0 Å². The molecular formula is C13H8Br4NO4-. The fourth-order valence-electron chi connectivity index (χ4n) is 2.29. The van der Waals surface area contributed by atoms with Crippen molar-refractivity contribution in [3.63, 3.8) is 0 Å². The average Bonchev–Trinajstić information content (AvgIpc) is 2.67. The highest BCUT2D eigenvalue weighted by atomic mass is 79.9. The number of carbonyl (C=O) groups is 3. The van der Waals surface area contributed by atoms with Crippen molar-refractivity contribution in [1.82, 2.24) is 4.90 Å². The number of hydrogen-bond acceptors (Lipinski definition) is 4. The Labute approximate surface area is 159 Å². The molecule has 22 heavy (non-hydrogen) atoms. The third kappa shape index (κ3) is 2.59. The molecule has 0 N–H and O–H groups in total. The highest BCUT2D eigenvalue weighted by Gasteiger charge is 2.45. The van der Waals surface area contributed by atoms with Gasteiger partial charge in [0, 0.05) is 17.9 Å². The molecule has 0 aliphatic carbocycles. The Hall–Kier alpha value is -0.250. The van der Waals surface area contributed by atoms with Gasteiger partial charge in [0.25, 0.3) is 11.8 Å². The fraction of sp³-hybridized carbons (Fsp3) is 0.308. The van der Waals surface area contributed by atoms with Gasteiger partial charge < -0.3 is 9.90 Å². The first-order chi connectivity index (χ1) is 10.1. The summed E-state index contributed by atoms with van der Waals surface area (Å²) in [6, 6.07) is -1.33. The molecule has 1 aromatic carbocycles. The van der Waals surface area contributed by atoms with Crippen LogP contribution in [0, 0.1) is 5.92 Å². The summed E-state index contributed by atoms with van der Waals surface area (Å²) in [4.78, 5) is 37.4. The quantitative estimate of drug-likeness (QED) is 0.323. The topological polar surface area (TPSA) is 77.5 Å². The lowest BCUT2D eigenvalue weighted by Crippen LogP contribution is -2.53. The minimum Gasteiger partial charge on any atom is -0.548 e. The van der Waals surface area contributed by atoms with Gasteiger partial charge >= 0.3 is 0 Å². The molecule has 0 saturated carbocycles. The molecule has 0 fully saturated rings. The van der Waals surface area contributed by atoms with Crippen LogP contribution in [-0.2, 0) is 4.79 Å². The van der Waals surface area contributed by atoms with E-state index in [0.717, 1.165) is 4.90 Å². The van der Waals surface area contributed by atoms with E-state index in [4.69, 9.17) is 0 Å². The molecule has 1 aliphatic rings. The Morgan fingerprint density at radius 3 is 1.55 bits per heavy atom. The Kier molecular flexibility index (Phi) is 5.21. The molecule has 2 rings (SSSR count). The molecule has 0 bridgehead atoms.